The van der Waals surface area contributed by atoms with Gasteiger partial charge >= 0.3 is 0 Å². The molecule has 0 radical (unpaired) electrons. The van der Waals surface area contributed by atoms with Gasteiger partial charge in [0.15, 0.2) is 0 Å². The van der Waals surface area contributed by atoms with Gasteiger partial charge in [-0.3, -0.25) is 0 Å². The third-order valence-corrected chi connectivity index (χ3v) is 2.76. The third kappa shape index (κ3) is 2.31. The first-order valence-electron chi connectivity index (χ1n) is 4.98. The summed E-state index contributed by atoms with van der Waals surface area (Å²) in [5, 5.41) is 0. The monoisotopic (exact) mass is 177 g/mol. The lowest BCUT2D eigenvalue weighted by molar-refractivity contribution is 0.476. The molecule has 0 bridgehead atoms. The fraction of sp³-hybridized carbons (Fsp3) is 0.500. The van der Waals surface area contributed by atoms with Gasteiger partial charge in [-0.1, -0.05) is 38.1 Å². The van der Waals surface area contributed by atoms with Crippen molar-refractivity contribution in [1.29, 1.82) is 0 Å². The van der Waals surface area contributed by atoms with E-state index in [4.69, 9.17) is 5.73 Å². The molecule has 0 saturated carbocycles. The maximum atomic E-state index is 6.13. The summed E-state index contributed by atoms with van der Waals surface area (Å²) in [5.74, 6) is 0. The molecule has 13 heavy (non-hydrogen) atoms. The molecule has 1 aromatic carbocycles. The molecular formula is C12H19N. The van der Waals surface area contributed by atoms with E-state index in [0.717, 1.165) is 12.8 Å². The second kappa shape index (κ2) is 3.93. The van der Waals surface area contributed by atoms with E-state index in [-0.39, 0.29) is 5.54 Å². The molecule has 1 aromatic rings. The first-order chi connectivity index (χ1) is 6.10. The average molecular weight is 177 g/mol. The van der Waals surface area contributed by atoms with Crippen molar-refractivity contribution in [1.82, 2.24) is 0 Å². The first-order valence-corrected chi connectivity index (χ1v) is 4.98. The van der Waals surface area contributed by atoms with E-state index in [0.29, 0.717) is 0 Å². The molecule has 0 aliphatic heterocycles. The predicted octanol–water partition coefficient (Wildman–Crippen LogP) is 2.83. The van der Waals surface area contributed by atoms with Crippen LogP contribution in [0.1, 0.15) is 38.3 Å². The minimum Gasteiger partial charge on any atom is -0.322 e. The third-order valence-electron chi connectivity index (χ3n) is 2.76. The summed E-state index contributed by atoms with van der Waals surface area (Å²) in [7, 11) is 0. The van der Waals surface area contributed by atoms with Crippen molar-refractivity contribution in [3.8, 4) is 0 Å². The van der Waals surface area contributed by atoms with Crippen LogP contribution >= 0.6 is 0 Å². The number of rotatable bonds is 3. The van der Waals surface area contributed by atoms with Gasteiger partial charge in [0.2, 0.25) is 0 Å². The number of nitrogens with two attached hydrogens (primary N) is 1. The lowest BCUT2D eigenvalue weighted by atomic mass is 9.90. The van der Waals surface area contributed by atoms with Crippen LogP contribution in [0.2, 0.25) is 0 Å². The fourth-order valence-corrected chi connectivity index (χ4v) is 1.33. The molecule has 1 heteroatoms. The maximum Gasteiger partial charge on any atom is 0.0378 e. The quantitative estimate of drug-likeness (QED) is 0.755. The van der Waals surface area contributed by atoms with E-state index in [1.165, 1.54) is 11.1 Å². The van der Waals surface area contributed by atoms with Crippen molar-refractivity contribution in [2.45, 2.75) is 39.2 Å². The van der Waals surface area contributed by atoms with Crippen LogP contribution in [0.25, 0.3) is 0 Å². The van der Waals surface area contributed by atoms with Crippen molar-refractivity contribution >= 4 is 0 Å². The normalized spacial score (nSPS) is 15.4. The Kier molecular flexibility index (Phi) is 3.10. The smallest absolute Gasteiger partial charge is 0.0378 e. The minimum absolute atomic E-state index is 0.174. The van der Waals surface area contributed by atoms with Crippen LogP contribution < -0.4 is 5.73 Å². The summed E-state index contributed by atoms with van der Waals surface area (Å²) in [6, 6.07) is 8.61. The van der Waals surface area contributed by atoms with Crippen LogP contribution in [0.5, 0.6) is 0 Å². The molecule has 0 aliphatic rings. The van der Waals surface area contributed by atoms with Crippen molar-refractivity contribution in [2.75, 3.05) is 0 Å². The van der Waals surface area contributed by atoms with Crippen LogP contribution in [-0.4, -0.2) is 0 Å². The molecule has 0 saturated heterocycles. The lowest BCUT2D eigenvalue weighted by Crippen LogP contribution is -2.31. The molecule has 0 spiro atoms. The average Bonchev–Trinajstić information content (AvgIpc) is 2.18. The van der Waals surface area contributed by atoms with Gasteiger partial charge in [0.05, 0.1) is 0 Å². The SMILES string of the molecule is CCc1ccc(C(C)(N)CC)cc1. The summed E-state index contributed by atoms with van der Waals surface area (Å²) >= 11 is 0. The molecule has 1 atom stereocenters. The van der Waals surface area contributed by atoms with Gasteiger partial charge in [0.1, 0.15) is 0 Å². The van der Waals surface area contributed by atoms with E-state index in [1.807, 2.05) is 0 Å². The van der Waals surface area contributed by atoms with Gasteiger partial charge in [0, 0.05) is 5.54 Å². The topological polar surface area (TPSA) is 26.0 Å². The Labute approximate surface area is 81.0 Å². The van der Waals surface area contributed by atoms with Crippen LogP contribution in [0.15, 0.2) is 24.3 Å². The second-order valence-electron chi connectivity index (χ2n) is 3.82. The van der Waals surface area contributed by atoms with Crippen LogP contribution in [-0.2, 0) is 12.0 Å². The number of benzene rings is 1. The van der Waals surface area contributed by atoms with Crippen LogP contribution in [0.3, 0.4) is 0 Å². The first kappa shape index (κ1) is 10.3. The number of hydrogen-bond acceptors (Lipinski definition) is 1. The van der Waals surface area contributed by atoms with E-state index < -0.39 is 0 Å². The Bertz CT molecular complexity index is 259. The predicted molar refractivity (Wildman–Crippen MR) is 57.7 cm³/mol. The molecule has 0 amide bonds. The molecule has 0 heterocycles. The van der Waals surface area contributed by atoms with E-state index in [2.05, 4.69) is 45.0 Å². The standard InChI is InChI=1S/C12H19N/c1-4-10-6-8-11(9-7-10)12(3,13)5-2/h6-9H,4-5,13H2,1-3H3. The van der Waals surface area contributed by atoms with Crippen molar-refractivity contribution in [2.24, 2.45) is 5.73 Å². The second-order valence-corrected chi connectivity index (χ2v) is 3.82. The minimum atomic E-state index is -0.174. The van der Waals surface area contributed by atoms with E-state index >= 15 is 0 Å². The summed E-state index contributed by atoms with van der Waals surface area (Å²) in [6.45, 7) is 6.36. The zero-order chi connectivity index (χ0) is 9.90. The zero-order valence-electron chi connectivity index (χ0n) is 8.80. The molecule has 0 fully saturated rings. The Balaban J connectivity index is 2.92. The highest BCUT2D eigenvalue weighted by atomic mass is 14.7. The number of hydrogen-bond donors (Lipinski definition) is 1. The van der Waals surface area contributed by atoms with Gasteiger partial charge in [0.25, 0.3) is 0 Å². The molecule has 0 aliphatic carbocycles. The van der Waals surface area contributed by atoms with Crippen molar-refractivity contribution in [3.05, 3.63) is 35.4 Å². The molecule has 2 N–H and O–H groups in total. The van der Waals surface area contributed by atoms with Gasteiger partial charge in [-0.2, -0.15) is 0 Å². The highest BCUT2D eigenvalue weighted by Gasteiger charge is 2.17. The largest absolute Gasteiger partial charge is 0.322 e. The zero-order valence-corrected chi connectivity index (χ0v) is 8.80. The van der Waals surface area contributed by atoms with Crippen LogP contribution in [0.4, 0.5) is 0 Å². The van der Waals surface area contributed by atoms with Crippen molar-refractivity contribution in [3.63, 3.8) is 0 Å². The summed E-state index contributed by atoms with van der Waals surface area (Å²) in [4.78, 5) is 0. The Morgan fingerprint density at radius 2 is 1.69 bits per heavy atom. The van der Waals surface area contributed by atoms with Crippen LogP contribution in [0, 0.1) is 0 Å². The highest BCUT2D eigenvalue weighted by Crippen LogP contribution is 2.21. The molecule has 72 valence electrons. The van der Waals surface area contributed by atoms with E-state index in [9.17, 15) is 0 Å². The Morgan fingerprint density at radius 3 is 2.08 bits per heavy atom. The Morgan fingerprint density at radius 1 is 1.15 bits per heavy atom. The van der Waals surface area contributed by atoms with Crippen molar-refractivity contribution < 1.29 is 0 Å². The molecule has 1 rings (SSSR count). The lowest BCUT2D eigenvalue weighted by Gasteiger charge is -2.23. The fourth-order valence-electron chi connectivity index (χ4n) is 1.33. The van der Waals surface area contributed by atoms with Gasteiger partial charge in [-0.15, -0.1) is 0 Å². The molecule has 1 nitrogen and oxygen atoms in total. The summed E-state index contributed by atoms with van der Waals surface area (Å²) in [6.07, 6.45) is 2.06. The summed E-state index contributed by atoms with van der Waals surface area (Å²) in [5.41, 5.74) is 8.55. The number of aryl methyl sites for hydroxylation is 1. The van der Waals surface area contributed by atoms with Gasteiger partial charge in [-0.25, -0.2) is 0 Å². The Hall–Kier alpha value is -0.820. The summed E-state index contributed by atoms with van der Waals surface area (Å²) < 4.78 is 0. The van der Waals surface area contributed by atoms with Gasteiger partial charge in [-0.05, 0) is 30.9 Å². The highest BCUT2D eigenvalue weighted by molar-refractivity contribution is 5.27. The maximum absolute atomic E-state index is 6.13. The molecular weight excluding hydrogens is 158 g/mol. The van der Waals surface area contributed by atoms with E-state index in [1.54, 1.807) is 0 Å². The van der Waals surface area contributed by atoms with Gasteiger partial charge < -0.3 is 5.73 Å². The molecule has 1 unspecified atom stereocenters. The molecule has 0 aromatic heterocycles.